The van der Waals surface area contributed by atoms with Crippen molar-refractivity contribution in [2.24, 2.45) is 5.73 Å². The Kier molecular flexibility index (Phi) is 6.30. The Morgan fingerprint density at radius 1 is 1.44 bits per heavy atom. The van der Waals surface area contributed by atoms with Crippen molar-refractivity contribution in [1.82, 2.24) is 9.80 Å². The Morgan fingerprint density at radius 2 is 2.00 bits per heavy atom. The highest BCUT2D eigenvalue weighted by molar-refractivity contribution is 5.85. The molecule has 0 aliphatic carbocycles. The predicted molar refractivity (Wildman–Crippen MR) is 68.8 cm³/mol. The lowest BCUT2D eigenvalue weighted by molar-refractivity contribution is -0.136. The first-order chi connectivity index (χ1) is 6.93. The Balaban J connectivity index is 0.00000225. The molecule has 96 valence electrons. The van der Waals surface area contributed by atoms with E-state index in [-0.39, 0.29) is 36.4 Å². The number of nitrogens with zero attached hydrogens (tertiary/aromatic N) is 2. The number of amides is 1. The average molecular weight is 250 g/mol. The Morgan fingerprint density at radius 3 is 2.38 bits per heavy atom. The number of carbonyl (C=O) groups excluding carboxylic acids is 1. The second-order valence-corrected chi connectivity index (χ2v) is 4.76. The summed E-state index contributed by atoms with van der Waals surface area (Å²) in [6, 6.07) is 0.465. The molecular weight excluding hydrogens is 226 g/mol. The third-order valence-corrected chi connectivity index (χ3v) is 3.28. The smallest absolute Gasteiger partial charge is 0.239 e. The number of hydrogen-bond acceptors (Lipinski definition) is 3. The van der Waals surface area contributed by atoms with Gasteiger partial charge < -0.3 is 10.6 Å². The number of likely N-dealkylation sites (N-methyl/N-ethyl adjacent to an activating group) is 1. The number of likely N-dealkylation sites (tertiary alicyclic amines) is 1. The van der Waals surface area contributed by atoms with Crippen LogP contribution in [0.5, 0.6) is 0 Å². The van der Waals surface area contributed by atoms with Gasteiger partial charge in [0.05, 0.1) is 6.04 Å². The zero-order chi connectivity index (χ0) is 11.6. The van der Waals surface area contributed by atoms with Crippen molar-refractivity contribution in [2.45, 2.75) is 45.3 Å². The number of rotatable bonds is 3. The van der Waals surface area contributed by atoms with Gasteiger partial charge in [-0.1, -0.05) is 0 Å². The van der Waals surface area contributed by atoms with E-state index in [1.165, 1.54) is 0 Å². The summed E-state index contributed by atoms with van der Waals surface area (Å²) in [5, 5.41) is 0. The number of halogens is 1. The minimum absolute atomic E-state index is 0. The van der Waals surface area contributed by atoms with Gasteiger partial charge in [0.2, 0.25) is 5.91 Å². The fourth-order valence-corrected chi connectivity index (χ4v) is 1.87. The van der Waals surface area contributed by atoms with Gasteiger partial charge in [-0.05, 0) is 27.2 Å². The summed E-state index contributed by atoms with van der Waals surface area (Å²) in [4.78, 5) is 16.0. The van der Waals surface area contributed by atoms with Crippen LogP contribution in [0, 0.1) is 0 Å². The molecule has 1 aliphatic rings. The lowest BCUT2D eigenvalue weighted by Gasteiger charge is -2.30. The minimum atomic E-state index is -0.0362. The molecule has 0 bridgehead atoms. The van der Waals surface area contributed by atoms with Crippen LogP contribution in [-0.2, 0) is 4.79 Å². The number of hydrogen-bond donors (Lipinski definition) is 1. The molecule has 2 atom stereocenters. The lowest BCUT2D eigenvalue weighted by Crippen LogP contribution is -2.47. The van der Waals surface area contributed by atoms with Crippen molar-refractivity contribution < 1.29 is 4.79 Å². The Hall–Kier alpha value is -0.320. The monoisotopic (exact) mass is 249 g/mol. The van der Waals surface area contributed by atoms with Gasteiger partial charge in [0.1, 0.15) is 0 Å². The van der Waals surface area contributed by atoms with E-state index in [9.17, 15) is 4.79 Å². The van der Waals surface area contributed by atoms with Crippen molar-refractivity contribution in [3.05, 3.63) is 0 Å². The van der Waals surface area contributed by atoms with Crippen LogP contribution in [0.3, 0.4) is 0 Å². The summed E-state index contributed by atoms with van der Waals surface area (Å²) in [5.41, 5.74) is 5.83. The van der Waals surface area contributed by atoms with Gasteiger partial charge in [0, 0.05) is 32.2 Å². The van der Waals surface area contributed by atoms with E-state index in [0.717, 1.165) is 19.5 Å². The van der Waals surface area contributed by atoms with E-state index in [0.29, 0.717) is 0 Å². The molecule has 1 saturated heterocycles. The third-order valence-electron chi connectivity index (χ3n) is 3.28. The largest absolute Gasteiger partial charge is 0.342 e. The van der Waals surface area contributed by atoms with Gasteiger partial charge in [-0.3, -0.25) is 9.69 Å². The summed E-state index contributed by atoms with van der Waals surface area (Å²) < 4.78 is 0. The van der Waals surface area contributed by atoms with Crippen LogP contribution in [0.15, 0.2) is 0 Å². The standard InChI is InChI=1S/C11H23N3O.ClH/c1-8(2)13(4)11(15)9(3)14-6-5-10(12)7-14;/h8-10H,5-7,12H2,1-4H3;1H. The highest BCUT2D eigenvalue weighted by Crippen LogP contribution is 2.13. The summed E-state index contributed by atoms with van der Waals surface area (Å²) in [7, 11) is 1.86. The van der Waals surface area contributed by atoms with Crippen molar-refractivity contribution >= 4 is 18.3 Å². The van der Waals surface area contributed by atoms with Gasteiger partial charge in [-0.15, -0.1) is 12.4 Å². The molecule has 1 fully saturated rings. The molecule has 0 saturated carbocycles. The van der Waals surface area contributed by atoms with Crippen molar-refractivity contribution in [1.29, 1.82) is 0 Å². The maximum atomic E-state index is 12.0. The summed E-state index contributed by atoms with van der Waals surface area (Å²) in [6.07, 6.45) is 1.00. The van der Waals surface area contributed by atoms with E-state index >= 15 is 0 Å². The van der Waals surface area contributed by atoms with Crippen LogP contribution >= 0.6 is 12.4 Å². The van der Waals surface area contributed by atoms with Gasteiger partial charge in [-0.25, -0.2) is 0 Å². The molecule has 1 amide bonds. The molecule has 0 aromatic rings. The van der Waals surface area contributed by atoms with Crippen molar-refractivity contribution in [3.8, 4) is 0 Å². The molecular formula is C11H24ClN3O. The molecule has 2 unspecified atom stereocenters. The van der Waals surface area contributed by atoms with Crippen LogP contribution in [0.25, 0.3) is 0 Å². The summed E-state index contributed by atoms with van der Waals surface area (Å²) in [6.45, 7) is 7.82. The molecule has 16 heavy (non-hydrogen) atoms. The predicted octanol–water partition coefficient (Wildman–Crippen LogP) is 0.696. The molecule has 1 rings (SSSR count). The Labute approximate surface area is 105 Å². The first-order valence-electron chi connectivity index (χ1n) is 5.69. The maximum Gasteiger partial charge on any atom is 0.239 e. The second kappa shape index (κ2) is 6.42. The number of nitrogens with two attached hydrogens (primary N) is 1. The van der Waals surface area contributed by atoms with Crippen molar-refractivity contribution in [3.63, 3.8) is 0 Å². The average Bonchev–Trinajstić information content (AvgIpc) is 2.61. The highest BCUT2D eigenvalue weighted by atomic mass is 35.5. The van der Waals surface area contributed by atoms with E-state index in [4.69, 9.17) is 5.73 Å². The molecule has 1 heterocycles. The highest BCUT2D eigenvalue weighted by Gasteiger charge is 2.29. The quantitative estimate of drug-likeness (QED) is 0.801. The van der Waals surface area contributed by atoms with Crippen LogP contribution < -0.4 is 5.73 Å². The first kappa shape index (κ1) is 15.7. The fraction of sp³-hybridized carbons (Fsp3) is 0.909. The Bertz CT molecular complexity index is 235. The molecule has 1 aliphatic heterocycles. The van der Waals surface area contributed by atoms with Gasteiger partial charge in [-0.2, -0.15) is 0 Å². The lowest BCUT2D eigenvalue weighted by atomic mass is 10.2. The van der Waals surface area contributed by atoms with Crippen LogP contribution in [0.1, 0.15) is 27.2 Å². The SMILES string of the molecule is CC(C(=O)N(C)C(C)C)N1CCC(N)C1.Cl. The molecule has 0 aromatic heterocycles. The van der Waals surface area contributed by atoms with E-state index in [2.05, 4.69) is 4.90 Å². The van der Waals surface area contributed by atoms with E-state index in [1.807, 2.05) is 27.8 Å². The minimum Gasteiger partial charge on any atom is -0.342 e. The molecule has 0 spiro atoms. The molecule has 2 N–H and O–H groups in total. The first-order valence-corrected chi connectivity index (χ1v) is 5.69. The zero-order valence-electron chi connectivity index (χ0n) is 10.6. The molecule has 0 radical (unpaired) electrons. The number of carbonyl (C=O) groups is 1. The fourth-order valence-electron chi connectivity index (χ4n) is 1.87. The van der Waals surface area contributed by atoms with Gasteiger partial charge >= 0.3 is 0 Å². The van der Waals surface area contributed by atoms with Crippen molar-refractivity contribution in [2.75, 3.05) is 20.1 Å². The third kappa shape index (κ3) is 3.61. The topological polar surface area (TPSA) is 49.6 Å². The maximum absolute atomic E-state index is 12.0. The molecule has 4 nitrogen and oxygen atoms in total. The molecule has 5 heteroatoms. The van der Waals surface area contributed by atoms with Crippen LogP contribution in [0.2, 0.25) is 0 Å². The van der Waals surface area contributed by atoms with Crippen LogP contribution in [0.4, 0.5) is 0 Å². The van der Waals surface area contributed by atoms with Gasteiger partial charge in [0.25, 0.3) is 0 Å². The zero-order valence-corrected chi connectivity index (χ0v) is 11.5. The summed E-state index contributed by atoms with van der Waals surface area (Å²) >= 11 is 0. The van der Waals surface area contributed by atoms with E-state index < -0.39 is 0 Å². The molecule has 0 aromatic carbocycles. The van der Waals surface area contributed by atoms with Gasteiger partial charge in [0.15, 0.2) is 0 Å². The summed E-state index contributed by atoms with van der Waals surface area (Å²) in [5.74, 6) is 0.194. The van der Waals surface area contributed by atoms with Crippen LogP contribution in [-0.4, -0.2) is 54.0 Å². The second-order valence-electron chi connectivity index (χ2n) is 4.76. The van der Waals surface area contributed by atoms with E-state index in [1.54, 1.807) is 4.90 Å². The normalized spacial score (nSPS) is 23.0.